The Balaban J connectivity index is 0.000000202. The van der Waals surface area contributed by atoms with Crippen LogP contribution in [-0.4, -0.2) is 99.6 Å². The van der Waals surface area contributed by atoms with Gasteiger partial charge in [-0.25, -0.2) is 16.8 Å². The van der Waals surface area contributed by atoms with Gasteiger partial charge in [-0.05, 0) is 55.8 Å². The molecule has 0 radical (unpaired) electrons. The van der Waals surface area contributed by atoms with Crippen LogP contribution in [0.3, 0.4) is 0 Å². The maximum atomic E-state index is 12.0. The normalized spacial score (nSPS) is 25.0. The van der Waals surface area contributed by atoms with Gasteiger partial charge >= 0.3 is 0 Å². The Hall–Kier alpha value is -0.750. The van der Waals surface area contributed by atoms with E-state index in [1.165, 1.54) is 12.8 Å². The predicted octanol–water partition coefficient (Wildman–Crippen LogP) is 2.99. The summed E-state index contributed by atoms with van der Waals surface area (Å²) in [5, 5.41) is 3.13. The number of piperazine rings is 1. The second-order valence-corrected chi connectivity index (χ2v) is 16.6. The van der Waals surface area contributed by atoms with Gasteiger partial charge in [-0.3, -0.25) is 4.79 Å². The second kappa shape index (κ2) is 15.3. The van der Waals surface area contributed by atoms with Crippen LogP contribution < -0.4 is 5.32 Å². The lowest BCUT2D eigenvalue weighted by Gasteiger charge is -2.28. The molecule has 11 heteroatoms. The molecule has 38 heavy (non-hydrogen) atoms. The van der Waals surface area contributed by atoms with Crippen molar-refractivity contribution in [2.24, 2.45) is 23.7 Å². The van der Waals surface area contributed by atoms with Gasteiger partial charge in [0.05, 0.1) is 11.5 Å². The average Bonchev–Trinajstić information content (AvgIpc) is 3.45. The van der Waals surface area contributed by atoms with Crippen LogP contribution >= 0.6 is 0 Å². The number of sulfonamides is 2. The summed E-state index contributed by atoms with van der Waals surface area (Å²) in [6, 6.07) is 0.337. The molecule has 1 amide bonds. The summed E-state index contributed by atoms with van der Waals surface area (Å²) in [7, 11) is -5.95. The monoisotopic (exact) mass is 578 g/mol. The molecule has 0 aromatic rings. The van der Waals surface area contributed by atoms with E-state index in [9.17, 15) is 21.6 Å². The van der Waals surface area contributed by atoms with Gasteiger partial charge < -0.3 is 10.2 Å². The van der Waals surface area contributed by atoms with Crippen molar-refractivity contribution in [3.63, 3.8) is 0 Å². The fourth-order valence-electron chi connectivity index (χ4n) is 5.68. The van der Waals surface area contributed by atoms with Gasteiger partial charge in [-0.1, -0.05) is 41.5 Å². The van der Waals surface area contributed by atoms with Crippen molar-refractivity contribution in [2.45, 2.75) is 86.1 Å². The molecule has 3 saturated heterocycles. The smallest absolute Gasteiger partial charge is 0.222 e. The number of rotatable bonds is 8. The standard InChI is InChI=1S/C10H19NO2S.C9H17NO.C8H18N2O2S/c1-8(2)7-14(12,13)11-6-9-3-4-10(11)5-9;1-8(2)7-10-6-4-3-5-9(10)11;1-8(2)7-13(11,12)10-5-3-9-4-6-10/h8-10H,3-7H2,1-2H3;8H,3-7H2,1-2H3;8-9H,3-7H2,1-2H3. The fraction of sp³-hybridized carbons (Fsp3) is 0.963. The largest absolute Gasteiger partial charge is 0.342 e. The van der Waals surface area contributed by atoms with Crippen molar-refractivity contribution in [2.75, 3.05) is 57.3 Å². The average molecular weight is 579 g/mol. The molecule has 0 aromatic carbocycles. The van der Waals surface area contributed by atoms with Crippen molar-refractivity contribution in [3.8, 4) is 0 Å². The summed E-state index contributed by atoms with van der Waals surface area (Å²) in [5.74, 6) is 2.64. The minimum atomic E-state index is -2.99. The highest BCUT2D eigenvalue weighted by atomic mass is 32.2. The molecule has 2 bridgehead atoms. The van der Waals surface area contributed by atoms with Gasteiger partial charge in [0.2, 0.25) is 26.0 Å². The first-order valence-electron chi connectivity index (χ1n) is 14.7. The zero-order chi connectivity index (χ0) is 28.5. The lowest BCUT2D eigenvalue weighted by atomic mass is 10.1. The Morgan fingerprint density at radius 3 is 1.89 bits per heavy atom. The quantitative estimate of drug-likeness (QED) is 0.475. The molecule has 224 valence electrons. The van der Waals surface area contributed by atoms with Gasteiger partial charge in [0.25, 0.3) is 0 Å². The van der Waals surface area contributed by atoms with Gasteiger partial charge in [0.15, 0.2) is 0 Å². The lowest BCUT2D eigenvalue weighted by Crippen LogP contribution is -2.47. The number of nitrogens with zero attached hydrogens (tertiary/aromatic N) is 3. The van der Waals surface area contributed by atoms with Crippen molar-refractivity contribution in [1.82, 2.24) is 18.8 Å². The number of fused-ring (bicyclic) bond motifs is 2. The van der Waals surface area contributed by atoms with Crippen molar-refractivity contribution < 1.29 is 21.6 Å². The number of carbonyl (C=O) groups is 1. The van der Waals surface area contributed by atoms with Gasteiger partial charge in [-0.2, -0.15) is 8.61 Å². The van der Waals surface area contributed by atoms with Crippen LogP contribution in [0.25, 0.3) is 0 Å². The maximum Gasteiger partial charge on any atom is 0.222 e. The Kier molecular flexibility index (Phi) is 13.5. The zero-order valence-corrected chi connectivity index (χ0v) is 26.3. The topological polar surface area (TPSA) is 107 Å². The van der Waals surface area contributed by atoms with Gasteiger partial charge in [-0.15, -0.1) is 0 Å². The number of amides is 1. The van der Waals surface area contributed by atoms with Crippen LogP contribution in [0, 0.1) is 23.7 Å². The number of hydrogen-bond acceptors (Lipinski definition) is 6. The third-order valence-corrected chi connectivity index (χ3v) is 11.8. The van der Waals surface area contributed by atoms with E-state index in [1.54, 1.807) is 8.61 Å². The Morgan fingerprint density at radius 2 is 1.42 bits per heavy atom. The van der Waals surface area contributed by atoms with Crippen LogP contribution in [0.2, 0.25) is 0 Å². The molecule has 1 saturated carbocycles. The highest BCUT2D eigenvalue weighted by molar-refractivity contribution is 7.89. The van der Waals surface area contributed by atoms with E-state index in [4.69, 9.17) is 0 Å². The molecule has 2 unspecified atom stereocenters. The van der Waals surface area contributed by atoms with Gasteiger partial charge in [0, 0.05) is 58.3 Å². The molecular weight excluding hydrogens is 524 g/mol. The second-order valence-electron chi connectivity index (χ2n) is 12.6. The lowest BCUT2D eigenvalue weighted by molar-refractivity contribution is -0.133. The highest BCUT2D eigenvalue weighted by Gasteiger charge is 2.43. The molecule has 1 aliphatic carbocycles. The SMILES string of the molecule is CC(C)CN1CCCCC1=O.CC(C)CS(=O)(=O)N1CC2CCC1C2.CC(C)CS(=O)(=O)N1CCNCC1. The molecular formula is C27H54N4O5S2. The number of nitrogens with one attached hydrogen (secondary N) is 1. The molecule has 2 atom stereocenters. The third-order valence-electron chi connectivity index (χ3n) is 7.28. The Labute approximate surface area is 233 Å². The van der Waals surface area contributed by atoms with Crippen LogP contribution in [0.1, 0.15) is 80.1 Å². The van der Waals surface area contributed by atoms with Crippen molar-refractivity contribution in [1.29, 1.82) is 0 Å². The number of carbonyl (C=O) groups excluding carboxylic acids is 1. The van der Waals surface area contributed by atoms with Crippen molar-refractivity contribution >= 4 is 26.0 Å². The van der Waals surface area contributed by atoms with E-state index in [1.807, 2.05) is 32.6 Å². The van der Waals surface area contributed by atoms with Crippen LogP contribution in [0.4, 0.5) is 0 Å². The van der Waals surface area contributed by atoms with E-state index < -0.39 is 20.0 Å². The first-order valence-corrected chi connectivity index (χ1v) is 17.9. The summed E-state index contributed by atoms with van der Waals surface area (Å²) in [6.07, 6.45) is 6.48. The Bertz CT molecular complexity index is 931. The predicted molar refractivity (Wildman–Crippen MR) is 155 cm³/mol. The highest BCUT2D eigenvalue weighted by Crippen LogP contribution is 2.39. The van der Waals surface area contributed by atoms with Crippen LogP contribution in [0.15, 0.2) is 0 Å². The van der Waals surface area contributed by atoms with E-state index in [2.05, 4.69) is 19.2 Å². The molecule has 1 N–H and O–H groups in total. The third kappa shape index (κ3) is 11.0. The minimum Gasteiger partial charge on any atom is -0.342 e. The molecule has 4 rings (SSSR count). The summed E-state index contributed by atoms with van der Waals surface area (Å²) in [5.41, 5.74) is 0. The molecule has 0 aromatic heterocycles. The Morgan fingerprint density at radius 1 is 0.816 bits per heavy atom. The summed E-state index contributed by atoms with van der Waals surface area (Å²) in [6.45, 7) is 17.6. The first-order chi connectivity index (χ1) is 17.7. The van der Waals surface area contributed by atoms with Gasteiger partial charge in [0.1, 0.15) is 0 Å². The molecule has 0 spiro atoms. The maximum absolute atomic E-state index is 12.0. The van der Waals surface area contributed by atoms with Crippen LogP contribution in [0.5, 0.6) is 0 Å². The van der Waals surface area contributed by atoms with E-state index >= 15 is 0 Å². The summed E-state index contributed by atoms with van der Waals surface area (Å²) >= 11 is 0. The van der Waals surface area contributed by atoms with E-state index in [0.717, 1.165) is 58.4 Å². The molecule has 3 heterocycles. The number of hydrogen-bond donors (Lipinski definition) is 1. The molecule has 4 fully saturated rings. The number of piperidine rings is 2. The fourth-order valence-corrected chi connectivity index (χ4v) is 9.59. The molecule has 3 aliphatic heterocycles. The van der Waals surface area contributed by atoms with Crippen molar-refractivity contribution in [3.05, 3.63) is 0 Å². The molecule has 9 nitrogen and oxygen atoms in total. The van der Waals surface area contributed by atoms with Crippen LogP contribution in [-0.2, 0) is 24.8 Å². The summed E-state index contributed by atoms with van der Waals surface area (Å²) < 4.78 is 50.7. The summed E-state index contributed by atoms with van der Waals surface area (Å²) in [4.78, 5) is 13.2. The minimum absolute atomic E-state index is 0.208. The van der Waals surface area contributed by atoms with E-state index in [0.29, 0.717) is 42.6 Å². The van der Waals surface area contributed by atoms with E-state index in [-0.39, 0.29) is 17.6 Å². The molecule has 4 aliphatic rings. The zero-order valence-electron chi connectivity index (χ0n) is 24.7. The first kappa shape index (κ1) is 33.5. The number of likely N-dealkylation sites (tertiary alicyclic amines) is 1.